The van der Waals surface area contributed by atoms with Crippen molar-refractivity contribution in [1.82, 2.24) is 4.98 Å². The normalized spacial score (nSPS) is 10.7. The second-order valence-electron chi connectivity index (χ2n) is 5.31. The summed E-state index contributed by atoms with van der Waals surface area (Å²) in [5, 5.41) is 4.45. The summed E-state index contributed by atoms with van der Waals surface area (Å²) in [6.07, 6.45) is 0.989. The molecule has 106 valence electrons. The van der Waals surface area contributed by atoms with E-state index >= 15 is 0 Å². The van der Waals surface area contributed by atoms with Gasteiger partial charge in [-0.25, -0.2) is 4.98 Å². The molecular weight excluding hydrogens is 258 g/mol. The van der Waals surface area contributed by atoms with Crippen molar-refractivity contribution in [3.05, 3.63) is 65.7 Å². The van der Waals surface area contributed by atoms with Crippen molar-refractivity contribution < 1.29 is 0 Å². The topological polar surface area (TPSA) is 50.9 Å². The van der Waals surface area contributed by atoms with Crippen LogP contribution in [0.25, 0.3) is 10.9 Å². The minimum Gasteiger partial charge on any atom is -0.399 e. The lowest BCUT2D eigenvalue weighted by molar-refractivity contribution is 1.01. The largest absolute Gasteiger partial charge is 0.399 e. The van der Waals surface area contributed by atoms with Gasteiger partial charge in [-0.3, -0.25) is 0 Å². The van der Waals surface area contributed by atoms with Crippen LogP contribution in [0.15, 0.2) is 54.6 Å². The SMILES string of the molecule is Cc1cccc(CCNc2ccc3cc(N)ccc3n2)c1. The Morgan fingerprint density at radius 2 is 1.95 bits per heavy atom. The molecule has 0 radical (unpaired) electrons. The molecule has 3 rings (SSSR count). The number of aryl methyl sites for hydroxylation is 1. The molecule has 1 aromatic heterocycles. The van der Waals surface area contributed by atoms with Crippen LogP contribution in [-0.2, 0) is 6.42 Å². The van der Waals surface area contributed by atoms with E-state index in [9.17, 15) is 0 Å². The van der Waals surface area contributed by atoms with Crippen molar-refractivity contribution in [2.75, 3.05) is 17.6 Å². The first-order chi connectivity index (χ1) is 10.2. The maximum absolute atomic E-state index is 5.78. The van der Waals surface area contributed by atoms with Gasteiger partial charge in [0.1, 0.15) is 5.82 Å². The van der Waals surface area contributed by atoms with Crippen LogP contribution in [0.3, 0.4) is 0 Å². The summed E-state index contributed by atoms with van der Waals surface area (Å²) >= 11 is 0. The Labute approximate surface area is 124 Å². The van der Waals surface area contributed by atoms with E-state index in [1.165, 1.54) is 11.1 Å². The summed E-state index contributed by atoms with van der Waals surface area (Å²) in [5.74, 6) is 0.903. The lowest BCUT2D eigenvalue weighted by Gasteiger charge is -2.07. The number of nitrogens with zero attached hydrogens (tertiary/aromatic N) is 1. The Bertz CT molecular complexity index is 765. The van der Waals surface area contributed by atoms with E-state index in [2.05, 4.69) is 41.5 Å². The first-order valence-electron chi connectivity index (χ1n) is 7.16. The van der Waals surface area contributed by atoms with Crippen LogP contribution in [0.2, 0.25) is 0 Å². The van der Waals surface area contributed by atoms with Gasteiger partial charge in [-0.2, -0.15) is 0 Å². The van der Waals surface area contributed by atoms with Gasteiger partial charge in [0.2, 0.25) is 0 Å². The minimum atomic E-state index is 0.768. The fourth-order valence-electron chi connectivity index (χ4n) is 2.45. The lowest BCUT2D eigenvalue weighted by atomic mass is 10.1. The number of anilines is 2. The Kier molecular flexibility index (Phi) is 3.73. The van der Waals surface area contributed by atoms with E-state index < -0.39 is 0 Å². The van der Waals surface area contributed by atoms with Gasteiger partial charge in [0, 0.05) is 17.6 Å². The van der Waals surface area contributed by atoms with Crippen LogP contribution in [0.1, 0.15) is 11.1 Å². The van der Waals surface area contributed by atoms with Gasteiger partial charge in [-0.15, -0.1) is 0 Å². The van der Waals surface area contributed by atoms with Crippen LogP contribution < -0.4 is 11.1 Å². The van der Waals surface area contributed by atoms with Gasteiger partial charge >= 0.3 is 0 Å². The average molecular weight is 277 g/mol. The predicted octanol–water partition coefficient (Wildman–Crippen LogP) is 3.78. The van der Waals surface area contributed by atoms with Gasteiger partial charge in [-0.05, 0) is 49.2 Å². The maximum atomic E-state index is 5.78. The third kappa shape index (κ3) is 3.31. The van der Waals surface area contributed by atoms with E-state index in [1.807, 2.05) is 30.3 Å². The Hall–Kier alpha value is -2.55. The molecule has 0 fully saturated rings. The third-order valence-corrected chi connectivity index (χ3v) is 3.52. The quantitative estimate of drug-likeness (QED) is 0.713. The lowest BCUT2D eigenvalue weighted by Crippen LogP contribution is -2.06. The maximum Gasteiger partial charge on any atom is 0.126 e. The van der Waals surface area contributed by atoms with E-state index in [0.717, 1.165) is 35.4 Å². The average Bonchev–Trinajstić information content (AvgIpc) is 2.47. The number of rotatable bonds is 4. The van der Waals surface area contributed by atoms with E-state index in [0.29, 0.717) is 0 Å². The van der Waals surface area contributed by atoms with E-state index in [1.54, 1.807) is 0 Å². The second kappa shape index (κ2) is 5.83. The van der Waals surface area contributed by atoms with E-state index in [4.69, 9.17) is 5.73 Å². The molecular formula is C18H19N3. The predicted molar refractivity (Wildman–Crippen MR) is 89.5 cm³/mol. The second-order valence-corrected chi connectivity index (χ2v) is 5.31. The fraction of sp³-hybridized carbons (Fsp3) is 0.167. The molecule has 0 bridgehead atoms. The molecule has 1 heterocycles. The standard InChI is InChI=1S/C18H19N3/c1-13-3-2-4-14(11-13)9-10-20-18-8-5-15-12-16(19)6-7-17(15)21-18/h2-8,11-12H,9-10,19H2,1H3,(H,20,21). The van der Waals surface area contributed by atoms with Gasteiger partial charge in [0.25, 0.3) is 0 Å². The summed E-state index contributed by atoms with van der Waals surface area (Å²) in [6, 6.07) is 18.4. The molecule has 3 heteroatoms. The summed E-state index contributed by atoms with van der Waals surface area (Å²) in [6.45, 7) is 2.99. The number of pyridine rings is 1. The fourth-order valence-corrected chi connectivity index (χ4v) is 2.45. The van der Waals surface area contributed by atoms with Gasteiger partial charge in [0.05, 0.1) is 5.52 Å². The van der Waals surface area contributed by atoms with Crippen molar-refractivity contribution in [2.24, 2.45) is 0 Å². The first-order valence-corrected chi connectivity index (χ1v) is 7.16. The van der Waals surface area contributed by atoms with Crippen molar-refractivity contribution in [3.8, 4) is 0 Å². The molecule has 0 amide bonds. The summed E-state index contributed by atoms with van der Waals surface area (Å²) in [7, 11) is 0. The number of hydrogen-bond acceptors (Lipinski definition) is 3. The number of fused-ring (bicyclic) bond motifs is 1. The number of aromatic nitrogens is 1. The van der Waals surface area contributed by atoms with Crippen molar-refractivity contribution in [3.63, 3.8) is 0 Å². The molecule has 21 heavy (non-hydrogen) atoms. The minimum absolute atomic E-state index is 0.768. The van der Waals surface area contributed by atoms with Crippen molar-refractivity contribution >= 4 is 22.4 Å². The summed E-state index contributed by atoms with van der Waals surface area (Å²) < 4.78 is 0. The van der Waals surface area contributed by atoms with Gasteiger partial charge in [-0.1, -0.05) is 29.8 Å². The monoisotopic (exact) mass is 277 g/mol. The molecule has 0 saturated heterocycles. The molecule has 3 aromatic rings. The van der Waals surface area contributed by atoms with Crippen LogP contribution in [-0.4, -0.2) is 11.5 Å². The Morgan fingerprint density at radius 1 is 1.05 bits per heavy atom. The Balaban J connectivity index is 1.66. The highest BCUT2D eigenvalue weighted by Gasteiger charge is 1.99. The number of nitrogens with one attached hydrogen (secondary N) is 1. The molecule has 3 nitrogen and oxygen atoms in total. The molecule has 3 N–H and O–H groups in total. The molecule has 0 saturated carbocycles. The number of nitrogen functional groups attached to an aromatic ring is 1. The molecule has 0 atom stereocenters. The molecule has 0 unspecified atom stereocenters. The zero-order chi connectivity index (χ0) is 14.7. The first kappa shape index (κ1) is 13.4. The molecule has 0 aliphatic carbocycles. The highest BCUT2D eigenvalue weighted by Crippen LogP contribution is 2.18. The summed E-state index contributed by atoms with van der Waals surface area (Å²) in [4.78, 5) is 4.60. The zero-order valence-corrected chi connectivity index (χ0v) is 12.1. The number of hydrogen-bond donors (Lipinski definition) is 2. The zero-order valence-electron chi connectivity index (χ0n) is 12.1. The number of benzene rings is 2. The number of nitrogens with two attached hydrogens (primary N) is 1. The van der Waals surface area contributed by atoms with Crippen molar-refractivity contribution in [1.29, 1.82) is 0 Å². The van der Waals surface area contributed by atoms with Crippen molar-refractivity contribution in [2.45, 2.75) is 13.3 Å². The summed E-state index contributed by atoms with van der Waals surface area (Å²) in [5.41, 5.74) is 10.1. The smallest absolute Gasteiger partial charge is 0.126 e. The molecule has 0 spiro atoms. The van der Waals surface area contributed by atoms with Gasteiger partial charge < -0.3 is 11.1 Å². The highest BCUT2D eigenvalue weighted by molar-refractivity contribution is 5.83. The van der Waals surface area contributed by atoms with E-state index in [-0.39, 0.29) is 0 Å². The van der Waals surface area contributed by atoms with Gasteiger partial charge in [0.15, 0.2) is 0 Å². The molecule has 0 aliphatic rings. The Morgan fingerprint density at radius 3 is 2.81 bits per heavy atom. The van der Waals surface area contributed by atoms with Crippen LogP contribution in [0.5, 0.6) is 0 Å². The van der Waals surface area contributed by atoms with Crippen LogP contribution in [0.4, 0.5) is 11.5 Å². The highest BCUT2D eigenvalue weighted by atomic mass is 15.0. The third-order valence-electron chi connectivity index (χ3n) is 3.52. The van der Waals surface area contributed by atoms with Crippen LogP contribution in [0, 0.1) is 6.92 Å². The van der Waals surface area contributed by atoms with Crippen LogP contribution >= 0.6 is 0 Å². The molecule has 2 aromatic carbocycles. The molecule has 0 aliphatic heterocycles.